The highest BCUT2D eigenvalue weighted by molar-refractivity contribution is 5.66. The van der Waals surface area contributed by atoms with E-state index in [4.69, 9.17) is 14.6 Å². The Morgan fingerprint density at radius 1 is 1.29 bits per heavy atom. The highest BCUT2D eigenvalue weighted by atomic mass is 16.5. The molecule has 0 aromatic heterocycles. The van der Waals surface area contributed by atoms with Gasteiger partial charge in [0.25, 0.3) is 0 Å². The molecule has 3 aliphatic heterocycles. The fraction of sp³-hybridized carbons (Fsp3) is 0.909. The number of likely N-dealkylation sites (tertiary alicyclic amines) is 1. The highest BCUT2D eigenvalue weighted by Crippen LogP contribution is 2.36. The van der Waals surface area contributed by atoms with Crippen molar-refractivity contribution in [3.05, 3.63) is 0 Å². The van der Waals surface area contributed by atoms with Crippen molar-refractivity contribution < 1.29 is 19.4 Å². The summed E-state index contributed by atoms with van der Waals surface area (Å²) in [5.74, 6) is 0. The minimum atomic E-state index is -0.839. The van der Waals surface area contributed by atoms with E-state index in [0.29, 0.717) is 19.1 Å². The number of rotatable bonds is 1. The summed E-state index contributed by atoms with van der Waals surface area (Å²) < 4.78 is 11.2. The Kier molecular flexibility index (Phi) is 2.72. The molecule has 17 heavy (non-hydrogen) atoms. The molecule has 0 aliphatic carbocycles. The SMILES string of the molecule is O=C(O)N1CC2(CC(N3CCOCC3)CO2)C1. The van der Waals surface area contributed by atoms with Gasteiger partial charge < -0.3 is 19.5 Å². The summed E-state index contributed by atoms with van der Waals surface area (Å²) in [4.78, 5) is 14.6. The van der Waals surface area contributed by atoms with Gasteiger partial charge in [0, 0.05) is 19.1 Å². The van der Waals surface area contributed by atoms with Crippen LogP contribution in [0.1, 0.15) is 6.42 Å². The lowest BCUT2D eigenvalue weighted by molar-refractivity contribution is -0.0982. The first kappa shape index (κ1) is 11.3. The zero-order valence-corrected chi connectivity index (χ0v) is 9.80. The molecular weight excluding hydrogens is 224 g/mol. The molecule has 6 nitrogen and oxygen atoms in total. The molecule has 1 spiro atoms. The number of hydrogen-bond acceptors (Lipinski definition) is 4. The predicted molar refractivity (Wildman–Crippen MR) is 59.1 cm³/mol. The van der Waals surface area contributed by atoms with E-state index in [1.54, 1.807) is 0 Å². The standard InChI is InChI=1S/C11H18N2O4/c14-10(15)13-7-11(8-13)5-9(6-17-11)12-1-3-16-4-2-12/h9H,1-8H2,(H,14,15). The van der Waals surface area contributed by atoms with Gasteiger partial charge in [-0.2, -0.15) is 0 Å². The second-order valence-electron chi connectivity index (χ2n) is 5.14. The smallest absolute Gasteiger partial charge is 0.407 e. The predicted octanol–water partition coefficient (Wildman–Crippen LogP) is -0.160. The number of carboxylic acid groups (broad SMARTS) is 1. The lowest BCUT2D eigenvalue weighted by Gasteiger charge is -2.45. The van der Waals surface area contributed by atoms with Gasteiger partial charge in [0.1, 0.15) is 5.60 Å². The fourth-order valence-electron chi connectivity index (χ4n) is 3.00. The van der Waals surface area contributed by atoms with Crippen molar-refractivity contribution in [2.24, 2.45) is 0 Å². The van der Waals surface area contributed by atoms with E-state index in [1.165, 1.54) is 4.90 Å². The van der Waals surface area contributed by atoms with Crippen molar-refractivity contribution in [3.8, 4) is 0 Å². The summed E-state index contributed by atoms with van der Waals surface area (Å²) >= 11 is 0. The number of hydrogen-bond donors (Lipinski definition) is 1. The number of morpholine rings is 1. The Hall–Kier alpha value is -0.850. The molecule has 96 valence electrons. The van der Waals surface area contributed by atoms with Crippen LogP contribution in [0.4, 0.5) is 4.79 Å². The Labute approximate surface area is 100 Å². The molecule has 0 aromatic carbocycles. The van der Waals surface area contributed by atoms with Crippen molar-refractivity contribution >= 4 is 6.09 Å². The van der Waals surface area contributed by atoms with Crippen LogP contribution in [-0.4, -0.2) is 78.6 Å². The van der Waals surface area contributed by atoms with Crippen LogP contribution in [0.5, 0.6) is 0 Å². The normalized spacial score (nSPS) is 32.7. The van der Waals surface area contributed by atoms with Crippen LogP contribution in [0.2, 0.25) is 0 Å². The average Bonchev–Trinajstić information content (AvgIpc) is 2.73. The molecule has 1 unspecified atom stereocenters. The molecule has 3 rings (SSSR count). The molecule has 0 radical (unpaired) electrons. The van der Waals surface area contributed by atoms with Gasteiger partial charge in [0.05, 0.1) is 32.9 Å². The highest BCUT2D eigenvalue weighted by Gasteiger charge is 2.52. The lowest BCUT2D eigenvalue weighted by atomic mass is 9.89. The number of carbonyl (C=O) groups is 1. The minimum Gasteiger partial charge on any atom is -0.465 e. The minimum absolute atomic E-state index is 0.193. The molecule has 3 saturated heterocycles. The van der Waals surface area contributed by atoms with Crippen molar-refractivity contribution in [1.82, 2.24) is 9.80 Å². The van der Waals surface area contributed by atoms with Crippen molar-refractivity contribution in [2.45, 2.75) is 18.1 Å². The van der Waals surface area contributed by atoms with E-state index in [-0.39, 0.29) is 5.60 Å². The Balaban J connectivity index is 1.54. The Bertz CT molecular complexity index is 311. The van der Waals surface area contributed by atoms with Gasteiger partial charge >= 0.3 is 6.09 Å². The Morgan fingerprint density at radius 2 is 2.00 bits per heavy atom. The molecule has 1 N–H and O–H groups in total. The van der Waals surface area contributed by atoms with Gasteiger partial charge in [0.15, 0.2) is 0 Å². The maximum atomic E-state index is 10.7. The van der Waals surface area contributed by atoms with Crippen LogP contribution >= 0.6 is 0 Å². The number of amides is 1. The molecule has 3 heterocycles. The van der Waals surface area contributed by atoms with Crippen LogP contribution in [0, 0.1) is 0 Å². The van der Waals surface area contributed by atoms with Crippen molar-refractivity contribution in [3.63, 3.8) is 0 Å². The third-order valence-electron chi connectivity index (χ3n) is 3.98. The second-order valence-corrected chi connectivity index (χ2v) is 5.14. The molecule has 0 saturated carbocycles. The van der Waals surface area contributed by atoms with E-state index in [1.807, 2.05) is 0 Å². The van der Waals surface area contributed by atoms with E-state index < -0.39 is 6.09 Å². The maximum absolute atomic E-state index is 10.7. The fourth-order valence-corrected chi connectivity index (χ4v) is 3.00. The monoisotopic (exact) mass is 242 g/mol. The largest absolute Gasteiger partial charge is 0.465 e. The summed E-state index contributed by atoms with van der Waals surface area (Å²) in [6, 6.07) is 0.440. The quantitative estimate of drug-likeness (QED) is 0.692. The molecule has 1 amide bonds. The summed E-state index contributed by atoms with van der Waals surface area (Å²) in [7, 11) is 0. The molecule has 3 aliphatic rings. The second kappa shape index (κ2) is 4.12. The van der Waals surface area contributed by atoms with E-state index in [0.717, 1.165) is 39.3 Å². The molecule has 0 bridgehead atoms. The van der Waals surface area contributed by atoms with Crippen LogP contribution < -0.4 is 0 Å². The van der Waals surface area contributed by atoms with Gasteiger partial charge in [0.2, 0.25) is 0 Å². The number of ether oxygens (including phenoxy) is 2. The third-order valence-corrected chi connectivity index (χ3v) is 3.98. The van der Waals surface area contributed by atoms with Crippen molar-refractivity contribution in [2.75, 3.05) is 46.0 Å². The van der Waals surface area contributed by atoms with Gasteiger partial charge in [-0.1, -0.05) is 0 Å². The molecule has 6 heteroatoms. The molecule has 3 fully saturated rings. The maximum Gasteiger partial charge on any atom is 0.407 e. The molecule has 0 aromatic rings. The average molecular weight is 242 g/mol. The van der Waals surface area contributed by atoms with Crippen LogP contribution in [0.25, 0.3) is 0 Å². The lowest BCUT2D eigenvalue weighted by Crippen LogP contribution is -2.63. The Morgan fingerprint density at radius 3 is 2.65 bits per heavy atom. The van der Waals surface area contributed by atoms with Gasteiger partial charge in [-0.15, -0.1) is 0 Å². The summed E-state index contributed by atoms with van der Waals surface area (Å²) in [6.07, 6.45) is 0.116. The first-order chi connectivity index (χ1) is 8.19. The topological polar surface area (TPSA) is 62.2 Å². The number of nitrogens with zero attached hydrogens (tertiary/aromatic N) is 2. The zero-order chi connectivity index (χ0) is 11.9. The zero-order valence-electron chi connectivity index (χ0n) is 9.80. The van der Waals surface area contributed by atoms with Gasteiger partial charge in [-0.05, 0) is 6.42 Å². The van der Waals surface area contributed by atoms with E-state index >= 15 is 0 Å². The van der Waals surface area contributed by atoms with Crippen LogP contribution in [0.15, 0.2) is 0 Å². The van der Waals surface area contributed by atoms with E-state index in [9.17, 15) is 4.79 Å². The summed E-state index contributed by atoms with van der Waals surface area (Å²) in [6.45, 7) is 5.31. The van der Waals surface area contributed by atoms with Crippen LogP contribution in [-0.2, 0) is 9.47 Å². The first-order valence-corrected chi connectivity index (χ1v) is 6.12. The third kappa shape index (κ3) is 2.00. The summed E-state index contributed by atoms with van der Waals surface area (Å²) in [5.41, 5.74) is -0.193. The summed E-state index contributed by atoms with van der Waals surface area (Å²) in [5, 5.41) is 8.83. The van der Waals surface area contributed by atoms with Crippen molar-refractivity contribution in [1.29, 1.82) is 0 Å². The van der Waals surface area contributed by atoms with Gasteiger partial charge in [-0.25, -0.2) is 4.79 Å². The van der Waals surface area contributed by atoms with Crippen LogP contribution in [0.3, 0.4) is 0 Å². The van der Waals surface area contributed by atoms with E-state index in [2.05, 4.69) is 4.90 Å². The first-order valence-electron chi connectivity index (χ1n) is 6.12. The van der Waals surface area contributed by atoms with Gasteiger partial charge in [-0.3, -0.25) is 4.90 Å². The molecular formula is C11H18N2O4. The molecule has 1 atom stereocenters.